The summed E-state index contributed by atoms with van der Waals surface area (Å²) in [7, 11) is 1.42. The van der Waals surface area contributed by atoms with Crippen molar-refractivity contribution in [1.82, 2.24) is 5.32 Å². The van der Waals surface area contributed by atoms with Crippen molar-refractivity contribution >= 4 is 23.5 Å². The Morgan fingerprint density at radius 3 is 2.34 bits per heavy atom. The number of hydrogen-bond donors (Lipinski definition) is 2. The van der Waals surface area contributed by atoms with Crippen LogP contribution in [0, 0.1) is 17.7 Å². The van der Waals surface area contributed by atoms with E-state index in [4.69, 9.17) is 4.74 Å². The zero-order valence-corrected chi connectivity index (χ0v) is 18.9. The van der Waals surface area contributed by atoms with Crippen LogP contribution in [-0.4, -0.2) is 35.5 Å². The van der Waals surface area contributed by atoms with Gasteiger partial charge in [0.1, 0.15) is 17.1 Å². The highest BCUT2D eigenvalue weighted by atomic mass is 19.1. The molecule has 2 amide bonds. The van der Waals surface area contributed by atoms with Crippen LogP contribution in [0.2, 0.25) is 0 Å². The Labute approximate surface area is 201 Å². The molecule has 2 saturated heterocycles. The molecule has 0 aromatic heterocycles. The maximum Gasteiger partial charge on any atom is 0.325 e. The quantitative estimate of drug-likeness (QED) is 0.532. The lowest BCUT2D eigenvalue weighted by Crippen LogP contribution is -2.57. The smallest absolute Gasteiger partial charge is 0.325 e. The first-order chi connectivity index (χ1) is 16.9. The van der Waals surface area contributed by atoms with Gasteiger partial charge in [-0.05, 0) is 23.8 Å². The van der Waals surface area contributed by atoms with Crippen molar-refractivity contribution in [2.45, 2.75) is 18.0 Å². The number of benzene rings is 3. The number of amides is 2. The lowest BCUT2D eigenvalue weighted by Gasteiger charge is -2.31. The third-order valence-electron chi connectivity index (χ3n) is 6.93. The predicted molar refractivity (Wildman–Crippen MR) is 125 cm³/mol. The number of hydrogen-bond acceptors (Lipinski definition) is 5. The highest BCUT2D eigenvalue weighted by molar-refractivity contribution is 6.24. The molecule has 4 atom stereocenters. The zero-order valence-electron chi connectivity index (χ0n) is 18.9. The average molecular weight is 474 g/mol. The van der Waals surface area contributed by atoms with Crippen LogP contribution in [0.25, 0.3) is 0 Å². The molecule has 35 heavy (non-hydrogen) atoms. The zero-order chi connectivity index (χ0) is 24.7. The van der Waals surface area contributed by atoms with E-state index in [0.29, 0.717) is 11.3 Å². The summed E-state index contributed by atoms with van der Waals surface area (Å²) in [5.41, 5.74) is -0.790. The van der Waals surface area contributed by atoms with Crippen LogP contribution in [-0.2, 0) is 20.8 Å². The Morgan fingerprint density at radius 2 is 1.66 bits per heavy atom. The molecule has 2 aliphatic rings. The molecule has 0 aliphatic carbocycles. The van der Waals surface area contributed by atoms with Crippen molar-refractivity contribution in [1.29, 1.82) is 0 Å². The highest BCUT2D eigenvalue weighted by Gasteiger charge is 2.69. The van der Waals surface area contributed by atoms with Crippen molar-refractivity contribution in [3.8, 4) is 5.75 Å². The van der Waals surface area contributed by atoms with Gasteiger partial charge >= 0.3 is 5.97 Å². The number of carboxylic acid groups (broad SMARTS) is 1. The summed E-state index contributed by atoms with van der Waals surface area (Å²) in [6.45, 7) is 0. The van der Waals surface area contributed by atoms with Crippen molar-refractivity contribution in [3.63, 3.8) is 0 Å². The van der Waals surface area contributed by atoms with E-state index < -0.39 is 47.0 Å². The highest BCUT2D eigenvalue weighted by Crippen LogP contribution is 2.52. The molecule has 2 fully saturated rings. The van der Waals surface area contributed by atoms with Gasteiger partial charge in [-0.25, -0.2) is 9.29 Å². The molecule has 2 aliphatic heterocycles. The number of imide groups is 1. The van der Waals surface area contributed by atoms with E-state index >= 15 is 0 Å². The molecular formula is C27H23FN2O5. The number of carbonyl (C=O) groups excluding carboxylic acids is 2. The molecule has 178 valence electrons. The predicted octanol–water partition coefficient (Wildman–Crippen LogP) is 3.35. The average Bonchev–Trinajstić information content (AvgIpc) is 3.34. The summed E-state index contributed by atoms with van der Waals surface area (Å²) in [5.74, 6) is -5.20. The Bertz CT molecular complexity index is 1310. The van der Waals surface area contributed by atoms with Gasteiger partial charge in [0, 0.05) is 18.0 Å². The molecule has 3 aromatic rings. The first-order valence-corrected chi connectivity index (χ1v) is 11.2. The Morgan fingerprint density at radius 1 is 1.00 bits per heavy atom. The molecule has 5 rings (SSSR count). The molecule has 0 unspecified atom stereocenters. The van der Waals surface area contributed by atoms with Crippen LogP contribution in [0.1, 0.15) is 17.2 Å². The standard InChI is InChI=1S/C27H23FN2O5/c1-35-20-14-8-7-13-19(20)30-24(31)21-22(25(30)32)27(26(33)34,15-16-9-3-2-4-10-16)29-23(21)17-11-5-6-12-18(17)28/h2-14,21-23,29H,15H2,1H3,(H,33,34)/t21-,22-,23-,27+/m0/s1. The molecular weight excluding hydrogens is 451 g/mol. The molecule has 0 radical (unpaired) electrons. The van der Waals surface area contributed by atoms with Gasteiger partial charge in [0.25, 0.3) is 0 Å². The van der Waals surface area contributed by atoms with Crippen LogP contribution in [0.4, 0.5) is 10.1 Å². The maximum atomic E-state index is 14.9. The van der Waals surface area contributed by atoms with E-state index in [9.17, 15) is 23.9 Å². The van der Waals surface area contributed by atoms with Crippen LogP contribution < -0.4 is 15.0 Å². The minimum atomic E-state index is -1.83. The molecule has 7 nitrogen and oxygen atoms in total. The van der Waals surface area contributed by atoms with E-state index in [1.165, 1.54) is 25.3 Å². The third-order valence-corrected chi connectivity index (χ3v) is 6.93. The van der Waals surface area contributed by atoms with Gasteiger partial charge < -0.3 is 9.84 Å². The first-order valence-electron chi connectivity index (χ1n) is 11.2. The largest absolute Gasteiger partial charge is 0.495 e. The number of halogens is 1. The summed E-state index contributed by atoms with van der Waals surface area (Å²) in [5, 5.41) is 13.5. The number of ether oxygens (including phenoxy) is 1. The van der Waals surface area contributed by atoms with Crippen LogP contribution in [0.15, 0.2) is 78.9 Å². The Kier molecular flexibility index (Phi) is 5.61. The fourth-order valence-corrected chi connectivity index (χ4v) is 5.40. The van der Waals surface area contributed by atoms with E-state index in [0.717, 1.165) is 4.90 Å². The third kappa shape index (κ3) is 3.49. The summed E-state index contributed by atoms with van der Waals surface area (Å²) < 4.78 is 20.3. The van der Waals surface area contributed by atoms with Gasteiger partial charge in [0.2, 0.25) is 11.8 Å². The number of carboxylic acids is 1. The summed E-state index contributed by atoms with van der Waals surface area (Å²) in [6.07, 6.45) is -0.0614. The monoisotopic (exact) mass is 474 g/mol. The normalized spacial score (nSPS) is 25.5. The molecule has 0 saturated carbocycles. The SMILES string of the molecule is COc1ccccc1N1C(=O)[C@H]2[C@@H](C1=O)[C@](Cc1ccccc1)(C(=O)O)N[C@H]2c1ccccc1F. The van der Waals surface area contributed by atoms with Gasteiger partial charge in [-0.3, -0.25) is 19.7 Å². The van der Waals surface area contributed by atoms with E-state index in [1.54, 1.807) is 60.7 Å². The number of nitrogens with zero attached hydrogens (tertiary/aromatic N) is 1. The van der Waals surface area contributed by atoms with Crippen molar-refractivity contribution in [2.24, 2.45) is 11.8 Å². The number of nitrogens with one attached hydrogen (secondary N) is 1. The fraction of sp³-hybridized carbons (Fsp3) is 0.222. The summed E-state index contributed by atoms with van der Waals surface area (Å²) in [4.78, 5) is 41.6. The van der Waals surface area contributed by atoms with Gasteiger partial charge in [-0.2, -0.15) is 0 Å². The Balaban J connectivity index is 1.69. The van der Waals surface area contributed by atoms with Crippen LogP contribution in [0.5, 0.6) is 5.75 Å². The summed E-state index contributed by atoms with van der Waals surface area (Å²) >= 11 is 0. The van der Waals surface area contributed by atoms with E-state index in [1.807, 2.05) is 0 Å². The Hall–Kier alpha value is -4.04. The molecule has 2 heterocycles. The van der Waals surface area contributed by atoms with Crippen molar-refractivity contribution in [3.05, 3.63) is 95.8 Å². The second-order valence-corrected chi connectivity index (χ2v) is 8.77. The number of para-hydroxylation sites is 2. The topological polar surface area (TPSA) is 95.9 Å². The number of rotatable bonds is 6. The second-order valence-electron chi connectivity index (χ2n) is 8.77. The molecule has 2 N–H and O–H groups in total. The fourth-order valence-electron chi connectivity index (χ4n) is 5.40. The van der Waals surface area contributed by atoms with Gasteiger partial charge in [-0.1, -0.05) is 60.7 Å². The number of aliphatic carboxylic acids is 1. The minimum absolute atomic E-state index is 0.0614. The molecule has 0 bridgehead atoms. The minimum Gasteiger partial charge on any atom is -0.495 e. The number of fused-ring (bicyclic) bond motifs is 1. The number of carbonyl (C=O) groups is 3. The van der Waals surface area contributed by atoms with Crippen LogP contribution in [0.3, 0.4) is 0 Å². The summed E-state index contributed by atoms with van der Waals surface area (Å²) in [6, 6.07) is 20.3. The first kappa shape index (κ1) is 22.7. The molecule has 0 spiro atoms. The van der Waals surface area contributed by atoms with Gasteiger partial charge in [0.05, 0.1) is 24.6 Å². The number of methoxy groups -OCH3 is 1. The van der Waals surface area contributed by atoms with Gasteiger partial charge in [-0.15, -0.1) is 0 Å². The molecule has 3 aromatic carbocycles. The molecule has 8 heteroatoms. The lowest BCUT2D eigenvalue weighted by molar-refractivity contribution is -0.148. The van der Waals surface area contributed by atoms with Gasteiger partial charge in [0.15, 0.2) is 0 Å². The van der Waals surface area contributed by atoms with E-state index in [-0.39, 0.29) is 17.7 Å². The van der Waals surface area contributed by atoms with E-state index in [2.05, 4.69) is 5.32 Å². The van der Waals surface area contributed by atoms with Crippen molar-refractivity contribution < 1.29 is 28.6 Å². The second kappa shape index (κ2) is 8.63. The number of anilines is 1. The maximum absolute atomic E-state index is 14.9. The van der Waals surface area contributed by atoms with Crippen molar-refractivity contribution in [2.75, 3.05) is 12.0 Å². The lowest BCUT2D eigenvalue weighted by atomic mass is 9.76. The van der Waals surface area contributed by atoms with Crippen LogP contribution >= 0.6 is 0 Å².